The Labute approximate surface area is 150 Å². The van der Waals surface area contributed by atoms with Gasteiger partial charge in [0.15, 0.2) is 0 Å². The first-order valence-corrected chi connectivity index (χ1v) is 8.31. The molecule has 0 saturated carbocycles. The third-order valence-corrected chi connectivity index (χ3v) is 3.33. The number of nitrogens with zero attached hydrogens (tertiary/aromatic N) is 1. The maximum atomic E-state index is 12.2. The molecule has 23 heavy (non-hydrogen) atoms. The van der Waals surface area contributed by atoms with Gasteiger partial charge in [-0.15, -0.1) is 0 Å². The van der Waals surface area contributed by atoms with Crippen LogP contribution in [-0.2, 0) is 14.3 Å². The highest BCUT2D eigenvalue weighted by Gasteiger charge is 2.23. The lowest BCUT2D eigenvalue weighted by atomic mass is 10.2. The highest BCUT2D eigenvalue weighted by atomic mass is 127. The molecule has 0 bridgehead atoms. The molecule has 0 aliphatic rings. The van der Waals surface area contributed by atoms with Gasteiger partial charge in [-0.1, -0.05) is 6.07 Å². The fraction of sp³-hybridized carbons (Fsp3) is 0.500. The third-order valence-electron chi connectivity index (χ3n) is 2.66. The minimum Gasteiger partial charge on any atom is -0.444 e. The van der Waals surface area contributed by atoms with Gasteiger partial charge in [0.05, 0.1) is 6.61 Å². The Morgan fingerprint density at radius 2 is 2.00 bits per heavy atom. The van der Waals surface area contributed by atoms with E-state index in [9.17, 15) is 9.59 Å². The zero-order valence-corrected chi connectivity index (χ0v) is 16.0. The van der Waals surface area contributed by atoms with E-state index in [0.29, 0.717) is 12.3 Å². The van der Waals surface area contributed by atoms with Gasteiger partial charge in [0.2, 0.25) is 5.91 Å². The fourth-order valence-electron chi connectivity index (χ4n) is 1.70. The van der Waals surface area contributed by atoms with Crippen molar-refractivity contribution >= 4 is 40.3 Å². The Morgan fingerprint density at radius 3 is 2.57 bits per heavy atom. The number of hydrogen-bond acceptors (Lipinski definition) is 4. The van der Waals surface area contributed by atoms with Crippen LogP contribution in [0.5, 0.6) is 0 Å². The average molecular weight is 434 g/mol. The summed E-state index contributed by atoms with van der Waals surface area (Å²) >= 11 is 2.17. The highest BCUT2D eigenvalue weighted by Crippen LogP contribution is 2.13. The number of halogens is 1. The molecule has 1 aromatic rings. The Balaban J connectivity index is 2.68. The van der Waals surface area contributed by atoms with E-state index in [4.69, 9.17) is 9.47 Å². The van der Waals surface area contributed by atoms with Crippen molar-refractivity contribution in [3.8, 4) is 0 Å². The van der Waals surface area contributed by atoms with Crippen molar-refractivity contribution in [2.45, 2.75) is 26.4 Å². The van der Waals surface area contributed by atoms with E-state index < -0.39 is 11.7 Å². The summed E-state index contributed by atoms with van der Waals surface area (Å²) in [6.07, 6.45) is -0.535. The molecule has 0 radical (unpaired) electrons. The summed E-state index contributed by atoms with van der Waals surface area (Å²) < 4.78 is 11.3. The molecule has 0 heterocycles. The lowest BCUT2D eigenvalue weighted by Crippen LogP contribution is -2.42. The van der Waals surface area contributed by atoms with Gasteiger partial charge < -0.3 is 14.8 Å². The number of carbonyl (C=O) groups excluding carboxylic acids is 2. The molecule has 0 aromatic heterocycles. The molecule has 1 aromatic carbocycles. The second kappa shape index (κ2) is 9.07. The van der Waals surface area contributed by atoms with Crippen LogP contribution in [0.1, 0.15) is 20.8 Å². The normalized spacial score (nSPS) is 11.0. The number of carbonyl (C=O) groups is 2. The minimum absolute atomic E-state index is 0.0935. The average Bonchev–Trinajstić information content (AvgIpc) is 2.41. The smallest absolute Gasteiger partial charge is 0.410 e. The largest absolute Gasteiger partial charge is 0.444 e. The molecule has 0 aliphatic heterocycles. The molecule has 1 rings (SSSR count). The molecule has 6 nitrogen and oxygen atoms in total. The molecule has 0 spiro atoms. The second-order valence-corrected chi connectivity index (χ2v) is 7.20. The maximum absolute atomic E-state index is 12.2. The van der Waals surface area contributed by atoms with E-state index >= 15 is 0 Å². The summed E-state index contributed by atoms with van der Waals surface area (Å²) in [7, 11) is 1.54. The van der Waals surface area contributed by atoms with Gasteiger partial charge in [-0.05, 0) is 61.6 Å². The summed E-state index contributed by atoms with van der Waals surface area (Å²) in [5, 5.41) is 2.77. The van der Waals surface area contributed by atoms with Gasteiger partial charge in [0, 0.05) is 22.9 Å². The lowest BCUT2D eigenvalue weighted by molar-refractivity contribution is -0.117. The van der Waals surface area contributed by atoms with Gasteiger partial charge in [0.25, 0.3) is 0 Å². The SMILES string of the molecule is COCCN(CC(=O)Nc1cccc(I)c1)C(=O)OC(C)(C)C. The predicted octanol–water partition coefficient (Wildman–Crippen LogP) is 3.11. The monoisotopic (exact) mass is 434 g/mol. The molecule has 0 aliphatic carbocycles. The number of rotatable bonds is 6. The van der Waals surface area contributed by atoms with Gasteiger partial charge in [-0.3, -0.25) is 9.69 Å². The van der Waals surface area contributed by atoms with E-state index in [1.807, 2.05) is 18.2 Å². The first-order chi connectivity index (χ1) is 10.7. The summed E-state index contributed by atoms with van der Waals surface area (Å²) in [6.45, 7) is 5.87. The molecule has 0 fully saturated rings. The van der Waals surface area contributed by atoms with Crippen molar-refractivity contribution in [3.05, 3.63) is 27.8 Å². The zero-order valence-electron chi connectivity index (χ0n) is 13.9. The summed E-state index contributed by atoms with van der Waals surface area (Å²) in [5.74, 6) is -0.283. The number of benzene rings is 1. The first kappa shape index (κ1) is 19.7. The van der Waals surface area contributed by atoms with E-state index in [1.54, 1.807) is 33.9 Å². The zero-order chi connectivity index (χ0) is 17.5. The number of hydrogen-bond donors (Lipinski definition) is 1. The van der Waals surface area contributed by atoms with E-state index in [-0.39, 0.29) is 19.0 Å². The fourth-order valence-corrected chi connectivity index (χ4v) is 2.25. The van der Waals surface area contributed by atoms with E-state index in [2.05, 4.69) is 27.9 Å². The lowest BCUT2D eigenvalue weighted by Gasteiger charge is -2.26. The van der Waals surface area contributed by atoms with Gasteiger partial charge in [-0.2, -0.15) is 0 Å². The van der Waals surface area contributed by atoms with Crippen molar-refractivity contribution in [2.75, 3.05) is 32.1 Å². The van der Waals surface area contributed by atoms with Crippen molar-refractivity contribution in [3.63, 3.8) is 0 Å². The predicted molar refractivity (Wildman–Crippen MR) is 97.5 cm³/mol. The van der Waals surface area contributed by atoms with Crippen LogP contribution in [0.4, 0.5) is 10.5 Å². The van der Waals surface area contributed by atoms with Crippen LogP contribution in [-0.4, -0.2) is 49.3 Å². The van der Waals surface area contributed by atoms with Crippen LogP contribution in [0.25, 0.3) is 0 Å². The van der Waals surface area contributed by atoms with Crippen LogP contribution < -0.4 is 5.32 Å². The molecule has 0 atom stereocenters. The van der Waals surface area contributed by atoms with E-state index in [0.717, 1.165) is 3.57 Å². The van der Waals surface area contributed by atoms with Crippen LogP contribution >= 0.6 is 22.6 Å². The van der Waals surface area contributed by atoms with Crippen LogP contribution in [0.2, 0.25) is 0 Å². The first-order valence-electron chi connectivity index (χ1n) is 7.23. The maximum Gasteiger partial charge on any atom is 0.410 e. The van der Waals surface area contributed by atoms with Gasteiger partial charge in [0.1, 0.15) is 12.1 Å². The number of ether oxygens (including phenoxy) is 2. The number of methoxy groups -OCH3 is 1. The van der Waals surface area contributed by atoms with Gasteiger partial charge >= 0.3 is 6.09 Å². The molecule has 1 N–H and O–H groups in total. The molecule has 7 heteroatoms. The standard InChI is InChI=1S/C16H23IN2O4/c1-16(2,3)23-15(21)19(8-9-22-4)11-14(20)18-13-7-5-6-12(17)10-13/h5-7,10H,8-9,11H2,1-4H3,(H,18,20). The minimum atomic E-state index is -0.617. The highest BCUT2D eigenvalue weighted by molar-refractivity contribution is 14.1. The summed E-state index contributed by atoms with van der Waals surface area (Å²) in [5.41, 5.74) is 0.0757. The quantitative estimate of drug-likeness (QED) is 0.699. The van der Waals surface area contributed by atoms with Crippen molar-refractivity contribution in [2.24, 2.45) is 0 Å². The van der Waals surface area contributed by atoms with Crippen LogP contribution in [0, 0.1) is 3.57 Å². The molecular formula is C16H23IN2O4. The Kier molecular flexibility index (Phi) is 7.77. The van der Waals surface area contributed by atoms with Crippen molar-refractivity contribution in [1.82, 2.24) is 4.90 Å². The Morgan fingerprint density at radius 1 is 1.30 bits per heavy atom. The molecule has 2 amide bonds. The van der Waals surface area contributed by atoms with Crippen LogP contribution in [0.15, 0.2) is 24.3 Å². The Bertz CT molecular complexity index is 543. The van der Waals surface area contributed by atoms with Crippen molar-refractivity contribution < 1.29 is 19.1 Å². The number of anilines is 1. The third kappa shape index (κ3) is 8.17. The molecular weight excluding hydrogens is 411 g/mol. The van der Waals surface area contributed by atoms with E-state index in [1.165, 1.54) is 4.90 Å². The number of amides is 2. The topological polar surface area (TPSA) is 67.9 Å². The summed E-state index contributed by atoms with van der Waals surface area (Å²) in [6, 6.07) is 7.44. The Hall–Kier alpha value is -1.35. The molecule has 0 saturated heterocycles. The molecule has 128 valence electrons. The molecule has 0 unspecified atom stereocenters. The second-order valence-electron chi connectivity index (χ2n) is 5.95. The number of nitrogens with one attached hydrogen (secondary N) is 1. The van der Waals surface area contributed by atoms with Gasteiger partial charge in [-0.25, -0.2) is 4.79 Å². The van der Waals surface area contributed by atoms with Crippen LogP contribution in [0.3, 0.4) is 0 Å². The van der Waals surface area contributed by atoms with Crippen molar-refractivity contribution in [1.29, 1.82) is 0 Å². The summed E-state index contributed by atoms with van der Waals surface area (Å²) in [4.78, 5) is 25.7.